The van der Waals surface area contributed by atoms with E-state index in [1.54, 1.807) is 25.3 Å². The average molecular weight is 358 g/mol. The molecule has 0 saturated carbocycles. The van der Waals surface area contributed by atoms with Gasteiger partial charge < -0.3 is 10.1 Å². The van der Waals surface area contributed by atoms with Gasteiger partial charge >= 0.3 is 0 Å². The van der Waals surface area contributed by atoms with Gasteiger partial charge in [-0.25, -0.2) is 15.2 Å². The lowest BCUT2D eigenvalue weighted by molar-refractivity contribution is -0.123. The normalized spacial score (nSPS) is 20.6. The van der Waals surface area contributed by atoms with Crippen LogP contribution in [0.4, 0.5) is 4.39 Å². The summed E-state index contributed by atoms with van der Waals surface area (Å²) in [6.07, 6.45) is 2.32. The lowest BCUT2D eigenvalue weighted by Gasteiger charge is -2.18. The van der Waals surface area contributed by atoms with E-state index < -0.39 is 5.82 Å². The fourth-order valence-corrected chi connectivity index (χ4v) is 2.96. The van der Waals surface area contributed by atoms with Crippen molar-refractivity contribution in [2.45, 2.75) is 38.4 Å². The topological polar surface area (TPSA) is 75.3 Å². The van der Waals surface area contributed by atoms with Crippen LogP contribution in [0.15, 0.2) is 42.6 Å². The molecule has 26 heavy (non-hydrogen) atoms. The lowest BCUT2D eigenvalue weighted by Crippen LogP contribution is -2.43. The van der Waals surface area contributed by atoms with E-state index in [-0.39, 0.29) is 29.8 Å². The first-order valence-electron chi connectivity index (χ1n) is 8.73. The minimum atomic E-state index is -0.429. The van der Waals surface area contributed by atoms with Crippen molar-refractivity contribution in [3.8, 4) is 5.75 Å². The van der Waals surface area contributed by atoms with Crippen molar-refractivity contribution in [3.05, 3.63) is 59.7 Å². The number of carbonyl (C=O) groups is 1. The van der Waals surface area contributed by atoms with Crippen LogP contribution in [0.25, 0.3) is 0 Å². The molecule has 3 rings (SSSR count). The third-order valence-electron chi connectivity index (χ3n) is 4.38. The second-order valence-corrected chi connectivity index (χ2v) is 6.24. The molecular weight excluding hydrogens is 335 g/mol. The van der Waals surface area contributed by atoms with Crippen LogP contribution in [0.2, 0.25) is 0 Å². The van der Waals surface area contributed by atoms with Crippen molar-refractivity contribution in [1.29, 1.82) is 0 Å². The Morgan fingerprint density at radius 1 is 1.38 bits per heavy atom. The molecule has 0 spiro atoms. The third kappa shape index (κ3) is 4.17. The van der Waals surface area contributed by atoms with E-state index in [1.165, 1.54) is 6.07 Å². The number of hydrogen-bond donors (Lipinski definition) is 3. The van der Waals surface area contributed by atoms with Crippen LogP contribution < -0.4 is 20.9 Å². The number of benzene rings is 1. The second-order valence-electron chi connectivity index (χ2n) is 6.24. The maximum absolute atomic E-state index is 14.0. The molecule has 3 N–H and O–H groups in total. The number of carbonyl (C=O) groups excluding carboxylic acids is 1. The van der Waals surface area contributed by atoms with Crippen molar-refractivity contribution in [2.24, 2.45) is 0 Å². The highest BCUT2D eigenvalue weighted by Crippen LogP contribution is 2.23. The summed E-state index contributed by atoms with van der Waals surface area (Å²) < 4.78 is 19.2. The zero-order valence-electron chi connectivity index (χ0n) is 14.8. The van der Waals surface area contributed by atoms with Crippen LogP contribution in [0.3, 0.4) is 0 Å². The van der Waals surface area contributed by atoms with Gasteiger partial charge in [0.2, 0.25) is 5.91 Å². The molecule has 1 aliphatic heterocycles. The van der Waals surface area contributed by atoms with E-state index in [0.717, 1.165) is 5.69 Å². The smallest absolute Gasteiger partial charge is 0.239 e. The zero-order chi connectivity index (χ0) is 18.5. The van der Waals surface area contributed by atoms with Crippen LogP contribution >= 0.6 is 0 Å². The van der Waals surface area contributed by atoms with Crippen molar-refractivity contribution in [1.82, 2.24) is 21.2 Å². The molecule has 1 fully saturated rings. The van der Waals surface area contributed by atoms with Crippen LogP contribution in [0, 0.1) is 5.82 Å². The molecule has 3 atom stereocenters. The van der Waals surface area contributed by atoms with Gasteiger partial charge in [-0.05, 0) is 50.1 Å². The molecule has 6 nitrogen and oxygen atoms in total. The molecule has 7 heteroatoms. The number of nitrogens with one attached hydrogen (secondary N) is 3. The summed E-state index contributed by atoms with van der Waals surface area (Å²) in [5.74, 6) is -0.353. The number of pyridine rings is 1. The number of aromatic nitrogens is 1. The predicted molar refractivity (Wildman–Crippen MR) is 95.8 cm³/mol. The summed E-state index contributed by atoms with van der Waals surface area (Å²) in [4.78, 5) is 16.8. The number of rotatable bonds is 6. The van der Waals surface area contributed by atoms with E-state index in [9.17, 15) is 9.18 Å². The minimum absolute atomic E-state index is 0.0230. The van der Waals surface area contributed by atoms with Crippen molar-refractivity contribution < 1.29 is 13.9 Å². The van der Waals surface area contributed by atoms with Gasteiger partial charge in [-0.2, -0.15) is 0 Å². The molecule has 1 saturated heterocycles. The third-order valence-corrected chi connectivity index (χ3v) is 4.38. The van der Waals surface area contributed by atoms with Gasteiger partial charge in [-0.15, -0.1) is 0 Å². The van der Waals surface area contributed by atoms with Gasteiger partial charge in [-0.3, -0.25) is 9.78 Å². The molecular formula is C19H23FN4O2. The van der Waals surface area contributed by atoms with Crippen molar-refractivity contribution in [3.63, 3.8) is 0 Å². The van der Waals surface area contributed by atoms with E-state index in [2.05, 4.69) is 21.2 Å². The molecule has 2 heterocycles. The van der Waals surface area contributed by atoms with Crippen LogP contribution in [0.1, 0.15) is 43.6 Å². The Labute approximate surface area is 152 Å². The summed E-state index contributed by atoms with van der Waals surface area (Å²) in [6.45, 7) is 4.03. The van der Waals surface area contributed by atoms with E-state index in [4.69, 9.17) is 4.74 Å². The molecule has 138 valence electrons. The van der Waals surface area contributed by atoms with Gasteiger partial charge in [0, 0.05) is 6.20 Å². The lowest BCUT2D eigenvalue weighted by atomic mass is 10.0. The largest absolute Gasteiger partial charge is 0.491 e. The van der Waals surface area contributed by atoms with E-state index in [1.807, 2.05) is 25.1 Å². The number of ether oxygens (including phenoxy) is 1. The van der Waals surface area contributed by atoms with Crippen molar-refractivity contribution >= 4 is 5.91 Å². The Morgan fingerprint density at radius 2 is 2.23 bits per heavy atom. The first-order chi connectivity index (χ1) is 12.6. The summed E-state index contributed by atoms with van der Waals surface area (Å²) in [6, 6.07) is 9.72. The summed E-state index contributed by atoms with van der Waals surface area (Å²) in [7, 11) is 0. The molecule has 1 aromatic heterocycles. The maximum atomic E-state index is 14.0. The number of halogens is 1. The Bertz CT molecular complexity index is 756. The highest BCUT2D eigenvalue weighted by atomic mass is 19.1. The second kappa shape index (κ2) is 8.25. The quantitative estimate of drug-likeness (QED) is 0.739. The highest BCUT2D eigenvalue weighted by molar-refractivity contribution is 5.82. The Kier molecular flexibility index (Phi) is 5.80. The Morgan fingerprint density at radius 3 is 2.92 bits per heavy atom. The molecule has 1 amide bonds. The van der Waals surface area contributed by atoms with Crippen LogP contribution in [0.5, 0.6) is 5.75 Å². The van der Waals surface area contributed by atoms with Gasteiger partial charge in [-0.1, -0.05) is 12.1 Å². The molecule has 1 aliphatic rings. The van der Waals surface area contributed by atoms with E-state index >= 15 is 0 Å². The summed E-state index contributed by atoms with van der Waals surface area (Å²) in [5, 5.41) is 2.92. The minimum Gasteiger partial charge on any atom is -0.491 e. The van der Waals surface area contributed by atoms with Gasteiger partial charge in [0.15, 0.2) is 11.6 Å². The number of hydrazine groups is 1. The SMILES string of the molecule is CCOc1ccc(C(C)NC(=O)C2CC(c3ccccn3)NN2)cc1F. The van der Waals surface area contributed by atoms with Crippen LogP contribution in [-0.4, -0.2) is 23.5 Å². The molecule has 1 aromatic carbocycles. The Hall–Kier alpha value is -2.51. The van der Waals surface area contributed by atoms with Crippen molar-refractivity contribution in [2.75, 3.05) is 6.61 Å². The number of hydrogen-bond acceptors (Lipinski definition) is 5. The first-order valence-corrected chi connectivity index (χ1v) is 8.73. The van der Waals surface area contributed by atoms with Gasteiger partial charge in [0.1, 0.15) is 6.04 Å². The molecule has 2 aromatic rings. The number of amides is 1. The standard InChI is InChI=1S/C19H23FN4O2/c1-3-26-18-8-7-13(10-14(18)20)12(2)22-19(25)17-11-16(23-24-17)15-6-4-5-9-21-15/h4-10,12,16-17,23-24H,3,11H2,1-2H3,(H,22,25). The zero-order valence-corrected chi connectivity index (χ0v) is 14.8. The summed E-state index contributed by atoms with van der Waals surface area (Å²) >= 11 is 0. The Balaban J connectivity index is 1.59. The predicted octanol–water partition coefficient (Wildman–Crippen LogP) is 2.40. The van der Waals surface area contributed by atoms with Crippen LogP contribution in [-0.2, 0) is 4.79 Å². The summed E-state index contributed by atoms with van der Waals surface area (Å²) in [5.41, 5.74) is 7.67. The monoisotopic (exact) mass is 358 g/mol. The fraction of sp³-hybridized carbons (Fsp3) is 0.368. The highest BCUT2D eigenvalue weighted by Gasteiger charge is 2.31. The molecule has 0 radical (unpaired) electrons. The number of nitrogens with zero attached hydrogens (tertiary/aromatic N) is 1. The maximum Gasteiger partial charge on any atom is 0.239 e. The first kappa shape index (κ1) is 18.3. The average Bonchev–Trinajstić information content (AvgIpc) is 3.14. The van der Waals surface area contributed by atoms with Gasteiger partial charge in [0.05, 0.1) is 24.4 Å². The molecule has 3 unspecified atom stereocenters. The molecule has 0 bridgehead atoms. The van der Waals surface area contributed by atoms with E-state index in [0.29, 0.717) is 18.6 Å². The van der Waals surface area contributed by atoms with Gasteiger partial charge in [0.25, 0.3) is 0 Å². The fourth-order valence-electron chi connectivity index (χ4n) is 2.96. The molecule has 0 aliphatic carbocycles.